The Balaban J connectivity index is -0.000000201. The number of rotatable bonds is 12. The fourth-order valence-electron chi connectivity index (χ4n) is 4.77. The van der Waals surface area contributed by atoms with Crippen LogP contribution in [0.4, 0.5) is 14.4 Å². The maximum absolute atomic E-state index is 11.7. The van der Waals surface area contributed by atoms with Crippen molar-refractivity contribution in [2.75, 3.05) is 19.2 Å². The van der Waals surface area contributed by atoms with Gasteiger partial charge in [0, 0.05) is 19.3 Å². The number of aliphatic carboxylic acids is 1. The highest BCUT2D eigenvalue weighted by atomic mass is 127. The van der Waals surface area contributed by atoms with E-state index >= 15 is 0 Å². The van der Waals surface area contributed by atoms with Gasteiger partial charge in [-0.3, -0.25) is 0 Å². The molecule has 0 saturated carbocycles. The second-order valence-corrected chi connectivity index (χ2v) is 16.3. The number of alkyl carbamates (subject to hydrolysis) is 3. The van der Waals surface area contributed by atoms with Crippen LogP contribution in [-0.2, 0) is 68.9 Å². The number of ether oxygens (including phenoxy) is 5. The predicted octanol–water partition coefficient (Wildman–Crippen LogP) is 10.9. The zero-order valence-electron chi connectivity index (χ0n) is 44.6. The van der Waals surface area contributed by atoms with E-state index in [9.17, 15) is 28.8 Å². The predicted molar refractivity (Wildman–Crippen MR) is 291 cm³/mol. The minimum absolute atomic E-state index is 0. The molecule has 406 valence electrons. The lowest BCUT2D eigenvalue weighted by Gasteiger charge is -2.22. The first-order valence-corrected chi connectivity index (χ1v) is 25.4. The molecule has 0 aliphatic heterocycles. The second kappa shape index (κ2) is 45.6. The van der Waals surface area contributed by atoms with Gasteiger partial charge >= 0.3 is 47.8 Å². The third-order valence-corrected chi connectivity index (χ3v) is 7.19. The van der Waals surface area contributed by atoms with Gasteiger partial charge in [-0.1, -0.05) is 163 Å². The Kier molecular flexibility index (Phi) is 49.3. The van der Waals surface area contributed by atoms with Crippen LogP contribution in [0.15, 0.2) is 91.0 Å². The third-order valence-electron chi connectivity index (χ3n) is 7.19. The molecule has 4 N–H and O–H groups in total. The molecule has 3 amide bonds. The van der Waals surface area contributed by atoms with Crippen LogP contribution in [0.3, 0.4) is 0 Å². The topological polar surface area (TPSA) is 239 Å². The van der Waals surface area contributed by atoms with Gasteiger partial charge in [-0.05, 0) is 83.9 Å². The number of hydrogen-bond donors (Lipinski definition) is 4. The molecule has 0 spiro atoms. The van der Waals surface area contributed by atoms with Crippen LogP contribution in [0.1, 0.15) is 128 Å². The molecular formula is C52H86IN3O14S. The number of alkyl halides is 1. The number of halogens is 1. The highest BCUT2D eigenvalue weighted by Crippen LogP contribution is 2.12. The van der Waals surface area contributed by atoms with Gasteiger partial charge in [0.1, 0.15) is 34.9 Å². The van der Waals surface area contributed by atoms with E-state index in [0.29, 0.717) is 12.8 Å². The van der Waals surface area contributed by atoms with Crippen LogP contribution in [0.25, 0.3) is 0 Å². The van der Waals surface area contributed by atoms with Crippen molar-refractivity contribution in [3.63, 3.8) is 0 Å². The van der Waals surface area contributed by atoms with Crippen molar-refractivity contribution < 1.29 is 66.0 Å². The van der Waals surface area contributed by atoms with Crippen molar-refractivity contribution in [3.8, 4) is 0 Å². The Morgan fingerprint density at radius 2 is 0.676 bits per heavy atom. The van der Waals surface area contributed by atoms with Crippen molar-refractivity contribution >= 4 is 70.3 Å². The number of amides is 3. The number of carboxylic acids is 1. The third kappa shape index (κ3) is 46.6. The second-order valence-electron chi connectivity index (χ2n) is 16.1. The number of hydrogen-bond acceptors (Lipinski definition) is 13. The maximum atomic E-state index is 11.7. The maximum Gasteiger partial charge on any atom is 0.408 e. The molecule has 19 heteroatoms. The summed E-state index contributed by atoms with van der Waals surface area (Å²) < 4.78 is 41.3. The summed E-state index contributed by atoms with van der Waals surface area (Å²) in [5.74, 6) is -2.09. The monoisotopic (exact) mass is 1140 g/mol. The van der Waals surface area contributed by atoms with Crippen LogP contribution in [0, 0.1) is 0 Å². The molecule has 3 rings (SSSR count). The summed E-state index contributed by atoms with van der Waals surface area (Å²) >= 11 is 1.40. The lowest BCUT2D eigenvalue weighted by molar-refractivity contribution is -0.143. The summed E-state index contributed by atoms with van der Waals surface area (Å²) in [5.41, 5.74) is 0.818. The highest BCUT2D eigenvalue weighted by Gasteiger charge is 2.27. The molecule has 0 fully saturated rings. The zero-order valence-corrected chi connectivity index (χ0v) is 47.5. The van der Waals surface area contributed by atoms with E-state index in [1.165, 1.54) is 14.2 Å². The summed E-state index contributed by atoms with van der Waals surface area (Å²) in [6.45, 7) is 27.7. The van der Waals surface area contributed by atoms with Crippen LogP contribution in [-0.4, -0.2) is 104 Å². The molecule has 3 atom stereocenters. The molecule has 0 bridgehead atoms. The highest BCUT2D eigenvalue weighted by molar-refractivity contribution is 14.1. The van der Waals surface area contributed by atoms with E-state index in [2.05, 4.69) is 38.5 Å². The van der Waals surface area contributed by atoms with Crippen molar-refractivity contribution in [3.05, 3.63) is 108 Å². The number of benzene rings is 3. The van der Waals surface area contributed by atoms with Gasteiger partial charge < -0.3 is 44.7 Å². The Morgan fingerprint density at radius 1 is 0.479 bits per heavy atom. The quantitative estimate of drug-likeness (QED) is 0.0571. The first-order chi connectivity index (χ1) is 32.8. The lowest BCUT2D eigenvalue weighted by atomic mass is 10.1. The fraction of sp³-hybridized carbons (Fsp3) is 0.538. The largest absolute Gasteiger partial charge is 0.480 e. The number of carboxylic acid groups (broad SMARTS) is 1. The Morgan fingerprint density at radius 3 is 0.859 bits per heavy atom. The zero-order chi connectivity index (χ0) is 55.5. The van der Waals surface area contributed by atoms with Gasteiger partial charge in [-0.2, -0.15) is 8.42 Å². The molecular weight excluding hydrogens is 1050 g/mol. The smallest absolute Gasteiger partial charge is 0.408 e. The molecule has 0 aliphatic carbocycles. The van der Waals surface area contributed by atoms with Crippen molar-refractivity contribution in [1.29, 1.82) is 0 Å². The number of nitrogens with one attached hydrogen (secondary N) is 3. The number of methoxy groups -OCH3 is 2. The lowest BCUT2D eigenvalue weighted by Crippen LogP contribution is -2.45. The Labute approximate surface area is 442 Å². The Bertz CT molecular complexity index is 1780. The molecule has 0 unspecified atom stereocenters. The minimum atomic E-state index is -1.09. The van der Waals surface area contributed by atoms with Gasteiger partial charge in [0.05, 0.1) is 14.2 Å². The van der Waals surface area contributed by atoms with Gasteiger partial charge in [0.25, 0.3) is 0 Å². The van der Waals surface area contributed by atoms with Gasteiger partial charge in [0.15, 0.2) is 0 Å². The van der Waals surface area contributed by atoms with Crippen LogP contribution in [0.2, 0.25) is 0 Å². The van der Waals surface area contributed by atoms with E-state index in [-0.39, 0.29) is 13.8 Å². The van der Waals surface area contributed by atoms with Gasteiger partial charge in [0.2, 0.25) is 0 Å². The molecule has 0 aromatic heterocycles. The summed E-state index contributed by atoms with van der Waals surface area (Å²) in [5, 5.41) is 16.5. The molecule has 0 saturated heterocycles. The van der Waals surface area contributed by atoms with E-state index < -0.39 is 82.7 Å². The molecule has 0 radical (unpaired) electrons. The average molecular weight is 1140 g/mol. The van der Waals surface area contributed by atoms with Crippen molar-refractivity contribution in [1.82, 2.24) is 16.0 Å². The van der Waals surface area contributed by atoms with Crippen LogP contribution < -0.4 is 16.0 Å². The van der Waals surface area contributed by atoms with Crippen LogP contribution in [0.5, 0.6) is 0 Å². The summed E-state index contributed by atoms with van der Waals surface area (Å²) in [6, 6.07) is 25.4. The molecule has 17 nitrogen and oxygen atoms in total. The van der Waals surface area contributed by atoms with Gasteiger partial charge in [-0.25, -0.2) is 28.8 Å². The number of carbonyl (C=O) groups is 6. The normalized spacial score (nSPS) is 10.9. The van der Waals surface area contributed by atoms with Crippen molar-refractivity contribution in [2.45, 2.75) is 165 Å². The molecule has 0 heterocycles. The first kappa shape index (κ1) is 76.9. The van der Waals surface area contributed by atoms with E-state index in [1.807, 2.05) is 137 Å². The Hall–Kier alpha value is -5.57. The summed E-state index contributed by atoms with van der Waals surface area (Å²) in [7, 11) is 2.58. The molecule has 3 aromatic rings. The molecule has 71 heavy (non-hydrogen) atoms. The van der Waals surface area contributed by atoms with E-state index in [0.717, 1.165) is 16.7 Å². The van der Waals surface area contributed by atoms with Crippen molar-refractivity contribution in [2.24, 2.45) is 0 Å². The first-order valence-electron chi connectivity index (χ1n) is 22.6. The number of esters is 2. The molecule has 0 aliphatic rings. The average Bonchev–Trinajstić information content (AvgIpc) is 3.30. The summed E-state index contributed by atoms with van der Waals surface area (Å²) in [6.07, 6.45) is -1.07. The standard InChI is InChI=1S/2C15H21NO4.C14H19NO4.3C2H6.CH3I.CH4.O2S/c2*1-15(2,3)20-14(18)16-12(13(17)19-4)10-11-8-6-5-7-9-11;1-14(2,3)19-13(18)15-11(12(16)17)9-10-7-5-4-6-8-10;4*1-2;;1-3-2/h2*5-9,12H,10H2,1-4H3,(H,16,18);4-8,11H,9H2,1-3H3,(H,15,18)(H,16,17);3*1-2H3;1H3;1H4;/t2*12-;11-;;;;;;/m000....../s1. The van der Waals surface area contributed by atoms with E-state index in [1.54, 1.807) is 62.3 Å². The number of carbonyl (C=O) groups excluding carboxylic acids is 5. The van der Waals surface area contributed by atoms with Crippen LogP contribution >= 0.6 is 22.6 Å². The molecule has 3 aromatic carbocycles. The fourth-order valence-corrected chi connectivity index (χ4v) is 4.77. The minimum Gasteiger partial charge on any atom is -0.480 e. The SMILES string of the molecule is C.CC.CC.CC.CC(C)(C)OC(=O)N[C@@H](Cc1ccccc1)C(=O)O.CI.COC(=O)[C@H](Cc1ccccc1)NC(=O)OC(C)(C)C.COC(=O)[C@H](Cc1ccccc1)NC(=O)OC(C)(C)C.O=S=O. The van der Waals surface area contributed by atoms with E-state index in [4.69, 9.17) is 37.2 Å². The van der Waals surface area contributed by atoms with Gasteiger partial charge in [-0.15, -0.1) is 0 Å². The summed E-state index contributed by atoms with van der Waals surface area (Å²) in [4.78, 5) is 71.6.